The second kappa shape index (κ2) is 23.4. The van der Waals surface area contributed by atoms with Crippen LogP contribution in [0.4, 0.5) is 0 Å². The van der Waals surface area contributed by atoms with Gasteiger partial charge >= 0.3 is 5.97 Å². The standard InChI is InChI=1S/C32H59N13O9/c1-16(2)14-19(33)25(48)42-21(9-6-12-39-32(36)37)27(50)43-20(8-5-11-38-31(34)35)26(49)40-17(3)24(47)44-22(15-46)28(51)41-18(4)29(52)45-13-7-10-23(45)30(53)54/h16-23,46H,5-15,33H2,1-4H3,(H,40,49)(H,41,51)(H,42,48)(H,43,50)(H,44,47)(H,53,54)(H4,34,35,38)(H4,36,37,39)/t17-,18-,19-,20-,21-,22-,23-/m0/s1. The Labute approximate surface area is 314 Å². The summed E-state index contributed by atoms with van der Waals surface area (Å²) in [5, 5.41) is 31.6. The summed E-state index contributed by atoms with van der Waals surface area (Å²) in [6.45, 7) is 5.99. The van der Waals surface area contributed by atoms with Gasteiger partial charge in [-0.2, -0.15) is 0 Å². The van der Waals surface area contributed by atoms with Crippen LogP contribution < -0.4 is 55.3 Å². The van der Waals surface area contributed by atoms with Gasteiger partial charge in [0.15, 0.2) is 11.9 Å². The van der Waals surface area contributed by atoms with E-state index >= 15 is 0 Å². The lowest BCUT2D eigenvalue weighted by Gasteiger charge is -2.27. The summed E-state index contributed by atoms with van der Waals surface area (Å²) in [4.78, 5) is 99.1. The number of guanidine groups is 2. The molecule has 0 aromatic carbocycles. The quantitative estimate of drug-likeness (QED) is 0.0263. The minimum atomic E-state index is -1.54. The number of rotatable bonds is 23. The Morgan fingerprint density at radius 1 is 0.704 bits per heavy atom. The Kier molecular flexibility index (Phi) is 20.3. The van der Waals surface area contributed by atoms with Crippen LogP contribution in [0.1, 0.15) is 72.6 Å². The summed E-state index contributed by atoms with van der Waals surface area (Å²) in [5.41, 5.74) is 27.6. The Morgan fingerprint density at radius 3 is 1.65 bits per heavy atom. The number of aliphatic hydroxyl groups is 1. The van der Waals surface area contributed by atoms with Crippen molar-refractivity contribution in [1.82, 2.24) is 31.5 Å². The van der Waals surface area contributed by atoms with Gasteiger partial charge < -0.3 is 70.4 Å². The van der Waals surface area contributed by atoms with Gasteiger partial charge in [0.2, 0.25) is 35.4 Å². The van der Waals surface area contributed by atoms with E-state index in [0.717, 1.165) is 4.90 Å². The number of hydrogen-bond acceptors (Lipinski definition) is 11. The minimum Gasteiger partial charge on any atom is -0.480 e. The van der Waals surface area contributed by atoms with Crippen molar-refractivity contribution in [3.05, 3.63) is 0 Å². The minimum absolute atomic E-state index is 0.00242. The second-order valence-electron chi connectivity index (χ2n) is 13.5. The zero-order valence-corrected chi connectivity index (χ0v) is 31.4. The molecule has 17 N–H and O–H groups in total. The van der Waals surface area contributed by atoms with Crippen LogP contribution in [0, 0.1) is 5.92 Å². The van der Waals surface area contributed by atoms with Gasteiger partial charge in [-0.25, -0.2) is 4.79 Å². The number of carboxylic acid groups (broad SMARTS) is 1. The maximum Gasteiger partial charge on any atom is 0.326 e. The summed E-state index contributed by atoms with van der Waals surface area (Å²) < 4.78 is 0. The highest BCUT2D eigenvalue weighted by atomic mass is 16.4. The fraction of sp³-hybridized carbons (Fsp3) is 0.719. The molecule has 6 amide bonds. The molecule has 0 bridgehead atoms. The van der Waals surface area contributed by atoms with Gasteiger partial charge in [-0.05, 0) is 64.7 Å². The monoisotopic (exact) mass is 769 g/mol. The van der Waals surface area contributed by atoms with E-state index < -0.39 is 90.3 Å². The lowest BCUT2D eigenvalue weighted by molar-refractivity contribution is -0.149. The van der Waals surface area contributed by atoms with E-state index in [0.29, 0.717) is 12.8 Å². The molecular formula is C32H59N13O9. The van der Waals surface area contributed by atoms with Crippen LogP contribution in [-0.4, -0.2) is 137 Å². The molecule has 1 rings (SSSR count). The van der Waals surface area contributed by atoms with Crippen molar-refractivity contribution in [3.8, 4) is 0 Å². The van der Waals surface area contributed by atoms with Gasteiger partial charge in [0.25, 0.3) is 0 Å². The molecular weight excluding hydrogens is 710 g/mol. The molecule has 0 unspecified atom stereocenters. The lowest BCUT2D eigenvalue weighted by Crippen LogP contribution is -2.59. The molecule has 0 aliphatic carbocycles. The van der Waals surface area contributed by atoms with Crippen molar-refractivity contribution in [2.75, 3.05) is 26.2 Å². The van der Waals surface area contributed by atoms with Gasteiger partial charge in [-0.1, -0.05) is 13.8 Å². The Morgan fingerprint density at radius 2 is 1.17 bits per heavy atom. The molecule has 7 atom stereocenters. The van der Waals surface area contributed by atoms with Crippen molar-refractivity contribution in [2.24, 2.45) is 44.6 Å². The molecule has 306 valence electrons. The highest BCUT2D eigenvalue weighted by Crippen LogP contribution is 2.18. The van der Waals surface area contributed by atoms with E-state index in [2.05, 4.69) is 36.6 Å². The molecule has 1 saturated heterocycles. The first-order chi connectivity index (χ1) is 25.3. The summed E-state index contributed by atoms with van der Waals surface area (Å²) in [6.07, 6.45) is 1.68. The second-order valence-corrected chi connectivity index (χ2v) is 13.5. The number of amides is 6. The van der Waals surface area contributed by atoms with Gasteiger partial charge in [0.1, 0.15) is 36.3 Å². The van der Waals surface area contributed by atoms with Crippen molar-refractivity contribution < 1.29 is 43.8 Å². The van der Waals surface area contributed by atoms with E-state index in [1.54, 1.807) is 0 Å². The molecule has 1 fully saturated rings. The van der Waals surface area contributed by atoms with Crippen LogP contribution in [0.2, 0.25) is 0 Å². The largest absolute Gasteiger partial charge is 0.480 e. The molecule has 0 saturated carbocycles. The number of carboxylic acids is 1. The molecule has 22 nitrogen and oxygen atoms in total. The number of carbonyl (C=O) groups is 7. The van der Waals surface area contributed by atoms with E-state index in [1.165, 1.54) is 13.8 Å². The average molecular weight is 770 g/mol. The fourth-order valence-corrected chi connectivity index (χ4v) is 5.49. The molecule has 54 heavy (non-hydrogen) atoms. The number of nitrogens with zero attached hydrogens (tertiary/aromatic N) is 3. The maximum atomic E-state index is 13.6. The Bertz CT molecular complexity index is 1370. The third kappa shape index (κ3) is 16.6. The predicted molar refractivity (Wildman–Crippen MR) is 198 cm³/mol. The van der Waals surface area contributed by atoms with Gasteiger partial charge in [0.05, 0.1) is 12.6 Å². The zero-order valence-electron chi connectivity index (χ0n) is 31.4. The number of aliphatic hydroxyl groups excluding tert-OH is 1. The van der Waals surface area contributed by atoms with E-state index in [1.807, 2.05) is 13.8 Å². The zero-order chi connectivity index (χ0) is 41.1. The van der Waals surface area contributed by atoms with E-state index in [4.69, 9.17) is 28.7 Å². The van der Waals surface area contributed by atoms with E-state index in [9.17, 15) is 43.8 Å². The topological polar surface area (TPSA) is 378 Å². The van der Waals surface area contributed by atoms with Crippen LogP contribution in [0.15, 0.2) is 9.98 Å². The molecule has 0 spiro atoms. The normalized spacial score (nSPS) is 17.1. The highest BCUT2D eigenvalue weighted by Gasteiger charge is 2.37. The van der Waals surface area contributed by atoms with Crippen LogP contribution >= 0.6 is 0 Å². The molecule has 1 heterocycles. The summed E-state index contributed by atoms with van der Waals surface area (Å²) in [5.74, 6) is -5.98. The smallest absolute Gasteiger partial charge is 0.326 e. The van der Waals surface area contributed by atoms with Crippen molar-refractivity contribution in [3.63, 3.8) is 0 Å². The lowest BCUT2D eigenvalue weighted by atomic mass is 10.0. The van der Waals surface area contributed by atoms with Crippen LogP contribution in [0.25, 0.3) is 0 Å². The average Bonchev–Trinajstić information content (AvgIpc) is 3.59. The number of aliphatic carboxylic acids is 1. The predicted octanol–water partition coefficient (Wildman–Crippen LogP) is -5.00. The molecule has 0 radical (unpaired) electrons. The number of carbonyl (C=O) groups excluding carboxylic acids is 6. The van der Waals surface area contributed by atoms with E-state index in [-0.39, 0.29) is 69.6 Å². The molecule has 0 aromatic rings. The van der Waals surface area contributed by atoms with Crippen molar-refractivity contribution in [1.29, 1.82) is 0 Å². The Hall–Kier alpha value is -5.25. The summed E-state index contributed by atoms with van der Waals surface area (Å²) in [7, 11) is 0. The van der Waals surface area contributed by atoms with Gasteiger partial charge in [0, 0.05) is 19.6 Å². The van der Waals surface area contributed by atoms with Crippen molar-refractivity contribution in [2.45, 2.75) is 115 Å². The number of likely N-dealkylation sites (tertiary alicyclic amines) is 1. The first kappa shape index (κ1) is 46.8. The molecule has 22 heteroatoms. The highest BCUT2D eigenvalue weighted by molar-refractivity contribution is 5.97. The van der Waals surface area contributed by atoms with Gasteiger partial charge in [-0.3, -0.25) is 38.8 Å². The number of hydrogen-bond donors (Lipinski definition) is 12. The molecule has 1 aliphatic heterocycles. The maximum absolute atomic E-state index is 13.6. The number of nitrogens with two attached hydrogens (primary N) is 5. The number of nitrogens with one attached hydrogen (secondary N) is 5. The van der Waals surface area contributed by atoms with Gasteiger partial charge in [-0.15, -0.1) is 0 Å². The third-order valence-corrected chi connectivity index (χ3v) is 8.34. The first-order valence-corrected chi connectivity index (χ1v) is 17.8. The summed E-state index contributed by atoms with van der Waals surface area (Å²) >= 11 is 0. The van der Waals surface area contributed by atoms with Crippen molar-refractivity contribution >= 4 is 53.3 Å². The fourth-order valence-electron chi connectivity index (χ4n) is 5.49. The van der Waals surface area contributed by atoms with Crippen LogP contribution in [-0.2, 0) is 33.6 Å². The third-order valence-electron chi connectivity index (χ3n) is 8.34. The number of aliphatic imine (C=N–C) groups is 2. The summed E-state index contributed by atoms with van der Waals surface area (Å²) in [6, 6.07) is -8.34. The first-order valence-electron chi connectivity index (χ1n) is 17.8. The molecule has 0 aromatic heterocycles. The van der Waals surface area contributed by atoms with Crippen LogP contribution in [0.3, 0.4) is 0 Å². The SMILES string of the molecule is CC(C)C[C@H](N)C(=O)N[C@@H](CCCN=C(N)N)C(=O)N[C@@H](CCCN=C(N)N)C(=O)N[C@@H](C)C(=O)N[C@@H](CO)C(=O)N[C@@H](C)C(=O)N1CCC[C@H]1C(=O)O. The molecule has 1 aliphatic rings. The Balaban J connectivity index is 3.06. The van der Waals surface area contributed by atoms with Crippen LogP contribution in [0.5, 0.6) is 0 Å².